The third-order valence-corrected chi connectivity index (χ3v) is 2.88. The maximum atomic E-state index is 12.4. The van der Waals surface area contributed by atoms with Crippen LogP contribution >= 0.6 is 0 Å². The lowest BCUT2D eigenvalue weighted by Crippen LogP contribution is -2.41. The zero-order valence-electron chi connectivity index (χ0n) is 13.3. The average molecular weight is 324 g/mol. The van der Waals surface area contributed by atoms with Crippen LogP contribution in [0.25, 0.3) is 0 Å². The topological polar surface area (TPSA) is 99.1 Å². The first-order valence-corrected chi connectivity index (χ1v) is 7.23. The standard InChI is InChI=1S/C16H20O7/c1-4-21-15(19)13(16(20)22-5-2)14(18)10(3)23-12-8-6-11(17)7-9-12/h6-10,13,17H,4-5H2,1-3H3. The molecule has 1 aromatic carbocycles. The largest absolute Gasteiger partial charge is 0.508 e. The molecular weight excluding hydrogens is 304 g/mol. The molecule has 1 N–H and O–H groups in total. The first-order valence-electron chi connectivity index (χ1n) is 7.23. The van der Waals surface area contributed by atoms with Gasteiger partial charge in [-0.05, 0) is 45.0 Å². The maximum Gasteiger partial charge on any atom is 0.328 e. The molecule has 0 saturated carbocycles. The number of benzene rings is 1. The second-order valence-electron chi connectivity index (χ2n) is 4.59. The number of aromatic hydroxyl groups is 1. The number of Topliss-reactive ketones (excluding diaryl/α,β-unsaturated/α-hetero) is 1. The van der Waals surface area contributed by atoms with Gasteiger partial charge in [0.15, 0.2) is 11.9 Å². The van der Waals surface area contributed by atoms with Crippen molar-refractivity contribution >= 4 is 17.7 Å². The molecule has 7 nitrogen and oxygen atoms in total. The van der Waals surface area contributed by atoms with Gasteiger partial charge in [-0.3, -0.25) is 14.4 Å². The van der Waals surface area contributed by atoms with Crippen LogP contribution in [-0.4, -0.2) is 42.1 Å². The molecule has 1 unspecified atom stereocenters. The molecule has 0 radical (unpaired) electrons. The predicted molar refractivity (Wildman–Crippen MR) is 80.0 cm³/mol. The molecule has 0 fully saturated rings. The molecule has 1 atom stereocenters. The lowest BCUT2D eigenvalue weighted by atomic mass is 10.0. The van der Waals surface area contributed by atoms with Crippen LogP contribution in [0.5, 0.6) is 11.5 Å². The van der Waals surface area contributed by atoms with Crippen molar-refractivity contribution < 1.29 is 33.7 Å². The summed E-state index contributed by atoms with van der Waals surface area (Å²) in [7, 11) is 0. The lowest BCUT2D eigenvalue weighted by Gasteiger charge is -2.18. The van der Waals surface area contributed by atoms with E-state index in [4.69, 9.17) is 14.2 Å². The van der Waals surface area contributed by atoms with Crippen LogP contribution in [0.1, 0.15) is 20.8 Å². The molecule has 1 aromatic rings. The Morgan fingerprint density at radius 1 is 1.00 bits per heavy atom. The van der Waals surface area contributed by atoms with Gasteiger partial charge in [0, 0.05) is 0 Å². The zero-order valence-corrected chi connectivity index (χ0v) is 13.3. The molecule has 0 aliphatic rings. The maximum absolute atomic E-state index is 12.4. The Bertz CT molecular complexity index is 532. The Hall–Kier alpha value is -2.57. The molecule has 0 amide bonds. The number of ketones is 1. The van der Waals surface area contributed by atoms with Crippen LogP contribution in [-0.2, 0) is 23.9 Å². The molecule has 0 heterocycles. The van der Waals surface area contributed by atoms with E-state index in [-0.39, 0.29) is 19.0 Å². The fourth-order valence-electron chi connectivity index (χ4n) is 1.80. The third-order valence-electron chi connectivity index (χ3n) is 2.88. The number of phenols is 1. The lowest BCUT2D eigenvalue weighted by molar-refractivity contribution is -0.165. The molecule has 0 aliphatic heterocycles. The van der Waals surface area contributed by atoms with Gasteiger partial charge in [-0.1, -0.05) is 0 Å². The first-order chi connectivity index (χ1) is 10.9. The summed E-state index contributed by atoms with van der Waals surface area (Å²) in [5.74, 6) is -3.99. The molecule has 7 heteroatoms. The Kier molecular flexibility index (Phi) is 7.05. The predicted octanol–water partition coefficient (Wildman–Crippen LogP) is 1.47. The van der Waals surface area contributed by atoms with Gasteiger partial charge >= 0.3 is 11.9 Å². The van der Waals surface area contributed by atoms with Crippen LogP contribution in [0.3, 0.4) is 0 Å². The summed E-state index contributed by atoms with van der Waals surface area (Å²) in [6.45, 7) is 4.63. The zero-order chi connectivity index (χ0) is 17.4. The van der Waals surface area contributed by atoms with Crippen molar-refractivity contribution in [2.24, 2.45) is 5.92 Å². The van der Waals surface area contributed by atoms with Crippen molar-refractivity contribution in [1.29, 1.82) is 0 Å². The molecule has 0 bridgehead atoms. The van der Waals surface area contributed by atoms with Crippen molar-refractivity contribution in [2.45, 2.75) is 26.9 Å². The monoisotopic (exact) mass is 324 g/mol. The molecule has 126 valence electrons. The van der Waals surface area contributed by atoms with E-state index < -0.39 is 29.7 Å². The summed E-state index contributed by atoms with van der Waals surface area (Å²) in [6.07, 6.45) is -1.07. The van der Waals surface area contributed by atoms with Gasteiger partial charge in [-0.2, -0.15) is 0 Å². The number of phenolic OH excluding ortho intramolecular Hbond substituents is 1. The summed E-state index contributed by atoms with van der Waals surface area (Å²) in [5, 5.41) is 9.21. The van der Waals surface area contributed by atoms with E-state index in [1.807, 2.05) is 0 Å². The number of ether oxygens (including phenoxy) is 3. The van der Waals surface area contributed by atoms with E-state index in [2.05, 4.69) is 0 Å². The molecule has 0 spiro atoms. The van der Waals surface area contributed by atoms with E-state index in [0.717, 1.165) is 0 Å². The highest BCUT2D eigenvalue weighted by Gasteiger charge is 2.40. The van der Waals surface area contributed by atoms with Crippen LogP contribution < -0.4 is 4.74 Å². The summed E-state index contributed by atoms with van der Waals surface area (Å²) in [6, 6.07) is 5.70. The van der Waals surface area contributed by atoms with E-state index >= 15 is 0 Å². The number of hydrogen-bond donors (Lipinski definition) is 1. The van der Waals surface area contributed by atoms with E-state index in [1.54, 1.807) is 13.8 Å². The molecule has 0 saturated heterocycles. The second kappa shape index (κ2) is 8.77. The summed E-state index contributed by atoms with van der Waals surface area (Å²) >= 11 is 0. The van der Waals surface area contributed by atoms with Crippen LogP contribution in [0.4, 0.5) is 0 Å². The van der Waals surface area contributed by atoms with Crippen LogP contribution in [0.2, 0.25) is 0 Å². The Morgan fingerprint density at radius 3 is 1.91 bits per heavy atom. The highest BCUT2D eigenvalue weighted by Crippen LogP contribution is 2.19. The second-order valence-corrected chi connectivity index (χ2v) is 4.59. The normalized spacial score (nSPS) is 11.7. The number of carbonyl (C=O) groups excluding carboxylic acids is 3. The molecule has 0 aliphatic carbocycles. The summed E-state index contributed by atoms with van der Waals surface area (Å²) < 4.78 is 14.9. The highest BCUT2D eigenvalue weighted by molar-refractivity contribution is 6.16. The molecular formula is C16H20O7. The minimum Gasteiger partial charge on any atom is -0.508 e. The van der Waals surface area contributed by atoms with Gasteiger partial charge < -0.3 is 19.3 Å². The van der Waals surface area contributed by atoms with Crippen molar-refractivity contribution in [3.8, 4) is 11.5 Å². The minimum atomic E-state index is -1.68. The van der Waals surface area contributed by atoms with Gasteiger partial charge in [0.05, 0.1) is 13.2 Å². The van der Waals surface area contributed by atoms with Crippen LogP contribution in [0, 0.1) is 5.92 Å². The SMILES string of the molecule is CCOC(=O)C(C(=O)OCC)C(=O)C(C)Oc1ccc(O)cc1. The van der Waals surface area contributed by atoms with Gasteiger partial charge in [-0.15, -0.1) is 0 Å². The number of rotatable bonds is 8. The fourth-order valence-corrected chi connectivity index (χ4v) is 1.80. The van der Waals surface area contributed by atoms with Gasteiger partial charge in [-0.25, -0.2) is 0 Å². The van der Waals surface area contributed by atoms with Gasteiger partial charge in [0.1, 0.15) is 11.5 Å². The first kappa shape index (κ1) is 18.5. The van der Waals surface area contributed by atoms with E-state index in [9.17, 15) is 19.5 Å². The Balaban J connectivity index is 2.87. The molecule has 1 rings (SSSR count). The third kappa shape index (κ3) is 5.28. The van der Waals surface area contributed by atoms with Crippen molar-refractivity contribution in [1.82, 2.24) is 0 Å². The van der Waals surface area contributed by atoms with Crippen molar-refractivity contribution in [2.75, 3.05) is 13.2 Å². The molecule has 0 aromatic heterocycles. The van der Waals surface area contributed by atoms with Gasteiger partial charge in [0.2, 0.25) is 5.92 Å². The quantitative estimate of drug-likeness (QED) is 0.571. The molecule has 23 heavy (non-hydrogen) atoms. The highest BCUT2D eigenvalue weighted by atomic mass is 16.6. The number of carbonyl (C=O) groups is 3. The van der Waals surface area contributed by atoms with Crippen molar-refractivity contribution in [3.05, 3.63) is 24.3 Å². The fraction of sp³-hybridized carbons (Fsp3) is 0.438. The number of esters is 2. The van der Waals surface area contributed by atoms with Crippen LogP contribution in [0.15, 0.2) is 24.3 Å². The Morgan fingerprint density at radius 2 is 1.48 bits per heavy atom. The number of hydrogen-bond acceptors (Lipinski definition) is 7. The van der Waals surface area contributed by atoms with Gasteiger partial charge in [0.25, 0.3) is 0 Å². The Labute approximate surface area is 134 Å². The smallest absolute Gasteiger partial charge is 0.328 e. The summed E-state index contributed by atoms with van der Waals surface area (Å²) in [4.78, 5) is 36.1. The summed E-state index contributed by atoms with van der Waals surface area (Å²) in [5.41, 5.74) is 0. The minimum absolute atomic E-state index is 0.0369. The van der Waals surface area contributed by atoms with E-state index in [0.29, 0.717) is 5.75 Å². The average Bonchev–Trinajstić information content (AvgIpc) is 2.50. The van der Waals surface area contributed by atoms with Crippen molar-refractivity contribution in [3.63, 3.8) is 0 Å². The van der Waals surface area contributed by atoms with E-state index in [1.165, 1.54) is 31.2 Å².